The molecule has 0 bridgehead atoms. The molecule has 1 aromatic carbocycles. The largest absolute Gasteiger partial charge is 0.468 e. The summed E-state index contributed by atoms with van der Waals surface area (Å²) in [6.45, 7) is -0.183. The van der Waals surface area contributed by atoms with E-state index in [2.05, 4.69) is 0 Å². The number of carbonyl (C=O) groups is 2. The molecule has 0 aliphatic carbocycles. The molecule has 1 aliphatic heterocycles. The molecule has 1 saturated heterocycles. The molecule has 2 aromatic rings. The number of nitrogens with zero attached hydrogens (tertiary/aromatic N) is 2. The average Bonchev–Trinajstić information content (AvgIpc) is 3.19. The molecule has 0 radical (unpaired) electrons. The molecular weight excluding hydrogens is 364 g/mol. The number of methoxy groups -OCH3 is 1. The van der Waals surface area contributed by atoms with Crippen LogP contribution in [0.2, 0.25) is 5.02 Å². The Labute approximate surface area is 154 Å². The maximum absolute atomic E-state index is 12.9. The predicted molar refractivity (Wildman–Crippen MR) is 96.9 cm³/mol. The van der Waals surface area contributed by atoms with E-state index in [1.807, 2.05) is 0 Å². The highest BCUT2D eigenvalue weighted by atomic mass is 35.5. The van der Waals surface area contributed by atoms with Gasteiger partial charge < -0.3 is 14.1 Å². The van der Waals surface area contributed by atoms with Gasteiger partial charge in [0.05, 0.1) is 19.1 Å². The Morgan fingerprint density at radius 1 is 1.32 bits per heavy atom. The third-order valence-corrected chi connectivity index (χ3v) is 4.21. The van der Waals surface area contributed by atoms with Crippen molar-refractivity contribution in [3.05, 3.63) is 59.1 Å². The Balaban J connectivity index is 2.02. The molecule has 1 aliphatic rings. The smallest absolute Gasteiger partial charge is 0.325 e. The topological polar surface area (TPSA) is 63.0 Å². The van der Waals surface area contributed by atoms with Crippen LogP contribution in [0.15, 0.2) is 52.8 Å². The normalized spacial score (nSPS) is 16.0. The molecule has 0 spiro atoms. The number of amides is 1. The Bertz CT molecular complexity index is 846. The molecule has 1 amide bonds. The summed E-state index contributed by atoms with van der Waals surface area (Å²) in [6.07, 6.45) is 3.03. The summed E-state index contributed by atoms with van der Waals surface area (Å²) in [5.74, 6) is -0.412. The number of benzene rings is 1. The maximum atomic E-state index is 12.9. The summed E-state index contributed by atoms with van der Waals surface area (Å²) in [5.41, 5.74) is 0.775. The van der Waals surface area contributed by atoms with Crippen LogP contribution in [0.25, 0.3) is 6.08 Å². The van der Waals surface area contributed by atoms with Gasteiger partial charge >= 0.3 is 5.97 Å². The van der Waals surface area contributed by atoms with Crippen molar-refractivity contribution in [3.63, 3.8) is 0 Å². The van der Waals surface area contributed by atoms with Gasteiger partial charge in [0.25, 0.3) is 5.91 Å². The lowest BCUT2D eigenvalue weighted by Crippen LogP contribution is -2.35. The van der Waals surface area contributed by atoms with Crippen LogP contribution in [0.1, 0.15) is 5.76 Å². The number of thiocarbonyl (C=S) groups is 1. The first kappa shape index (κ1) is 17.2. The van der Waals surface area contributed by atoms with Crippen molar-refractivity contribution in [1.82, 2.24) is 4.90 Å². The van der Waals surface area contributed by atoms with E-state index in [1.165, 1.54) is 29.2 Å². The van der Waals surface area contributed by atoms with E-state index >= 15 is 0 Å². The van der Waals surface area contributed by atoms with Crippen molar-refractivity contribution < 1.29 is 18.7 Å². The zero-order valence-electron chi connectivity index (χ0n) is 13.1. The summed E-state index contributed by atoms with van der Waals surface area (Å²) in [5, 5.41) is 0.717. The van der Waals surface area contributed by atoms with Crippen molar-refractivity contribution >= 4 is 52.6 Å². The van der Waals surface area contributed by atoms with Gasteiger partial charge in [-0.3, -0.25) is 14.5 Å². The van der Waals surface area contributed by atoms with Gasteiger partial charge in [0.2, 0.25) is 0 Å². The second-order valence-electron chi connectivity index (χ2n) is 5.11. The Kier molecular flexibility index (Phi) is 4.87. The number of ether oxygens (including phenoxy) is 1. The van der Waals surface area contributed by atoms with Crippen molar-refractivity contribution in [2.45, 2.75) is 0 Å². The second kappa shape index (κ2) is 7.08. The molecule has 3 rings (SSSR count). The number of halogens is 1. The lowest BCUT2D eigenvalue weighted by Gasteiger charge is -2.19. The molecule has 8 heteroatoms. The molecule has 0 N–H and O–H groups in total. The van der Waals surface area contributed by atoms with Gasteiger partial charge in [0.15, 0.2) is 5.11 Å². The lowest BCUT2D eigenvalue weighted by atomic mass is 10.2. The molecule has 1 aromatic heterocycles. The summed E-state index contributed by atoms with van der Waals surface area (Å²) in [6, 6.07) is 10.1. The molecule has 6 nitrogen and oxygen atoms in total. The van der Waals surface area contributed by atoms with Gasteiger partial charge in [-0.2, -0.15) is 0 Å². The number of furan rings is 1. The fourth-order valence-corrected chi connectivity index (χ4v) is 2.83. The lowest BCUT2D eigenvalue weighted by molar-refractivity contribution is -0.140. The molecule has 2 heterocycles. The number of carbonyl (C=O) groups excluding carboxylic acids is 2. The van der Waals surface area contributed by atoms with Crippen LogP contribution in [-0.4, -0.2) is 35.5 Å². The SMILES string of the molecule is COC(=O)CN1C(=S)N(c2ccc(Cl)cc2)C(=O)/C1=C/c1ccco1. The zero-order chi connectivity index (χ0) is 18.0. The van der Waals surface area contributed by atoms with E-state index in [0.29, 0.717) is 16.5 Å². The number of hydrogen-bond acceptors (Lipinski definition) is 5. The van der Waals surface area contributed by atoms with E-state index in [-0.39, 0.29) is 23.3 Å². The van der Waals surface area contributed by atoms with Crippen LogP contribution >= 0.6 is 23.8 Å². The van der Waals surface area contributed by atoms with E-state index in [9.17, 15) is 9.59 Å². The predicted octanol–water partition coefficient (Wildman–Crippen LogP) is 3.08. The van der Waals surface area contributed by atoms with Crippen LogP contribution < -0.4 is 4.90 Å². The van der Waals surface area contributed by atoms with Gasteiger partial charge in [-0.15, -0.1) is 0 Å². The molecule has 25 heavy (non-hydrogen) atoms. The number of hydrogen-bond donors (Lipinski definition) is 0. The van der Waals surface area contributed by atoms with Crippen molar-refractivity contribution in [2.75, 3.05) is 18.6 Å². The quantitative estimate of drug-likeness (QED) is 0.464. The number of rotatable bonds is 4. The van der Waals surface area contributed by atoms with Crippen LogP contribution in [0.5, 0.6) is 0 Å². The van der Waals surface area contributed by atoms with Gasteiger partial charge in [-0.05, 0) is 48.6 Å². The average molecular weight is 377 g/mol. The molecular formula is C17H13ClN2O4S. The summed E-state index contributed by atoms with van der Waals surface area (Å²) in [7, 11) is 1.27. The van der Waals surface area contributed by atoms with Crippen molar-refractivity contribution in [3.8, 4) is 0 Å². The van der Waals surface area contributed by atoms with Crippen LogP contribution in [-0.2, 0) is 14.3 Å². The standard InChI is InChI=1S/C17H13ClN2O4S/c1-23-15(21)10-19-14(9-13-3-2-8-24-13)16(22)20(17(19)25)12-6-4-11(18)5-7-12/h2-9H,10H2,1H3/b14-9-. The maximum Gasteiger partial charge on any atom is 0.325 e. The minimum absolute atomic E-state index is 0.176. The third-order valence-electron chi connectivity index (χ3n) is 3.56. The molecule has 1 fully saturated rings. The minimum Gasteiger partial charge on any atom is -0.468 e. The Morgan fingerprint density at radius 2 is 2.04 bits per heavy atom. The molecule has 128 valence electrons. The molecule has 0 atom stereocenters. The van der Waals surface area contributed by atoms with Crippen LogP contribution in [0.4, 0.5) is 5.69 Å². The Morgan fingerprint density at radius 3 is 2.64 bits per heavy atom. The zero-order valence-corrected chi connectivity index (χ0v) is 14.7. The summed E-state index contributed by atoms with van der Waals surface area (Å²) < 4.78 is 9.96. The fourth-order valence-electron chi connectivity index (χ4n) is 2.35. The third kappa shape index (κ3) is 3.42. The first-order chi connectivity index (χ1) is 12.0. The fraction of sp³-hybridized carbons (Fsp3) is 0.118. The summed E-state index contributed by atoms with van der Waals surface area (Å²) in [4.78, 5) is 27.4. The first-order valence-corrected chi connectivity index (χ1v) is 8.03. The van der Waals surface area contributed by atoms with Gasteiger partial charge in [-0.1, -0.05) is 11.6 Å². The number of esters is 1. The van der Waals surface area contributed by atoms with Gasteiger partial charge in [0.1, 0.15) is 18.0 Å². The van der Waals surface area contributed by atoms with Crippen molar-refractivity contribution in [2.24, 2.45) is 0 Å². The highest BCUT2D eigenvalue weighted by molar-refractivity contribution is 7.80. The van der Waals surface area contributed by atoms with E-state index < -0.39 is 5.97 Å². The summed E-state index contributed by atoms with van der Waals surface area (Å²) >= 11 is 11.3. The second-order valence-corrected chi connectivity index (χ2v) is 5.91. The first-order valence-electron chi connectivity index (χ1n) is 7.25. The number of anilines is 1. The van der Waals surface area contributed by atoms with E-state index in [4.69, 9.17) is 33.0 Å². The van der Waals surface area contributed by atoms with Gasteiger partial charge in [0, 0.05) is 11.1 Å². The van der Waals surface area contributed by atoms with Crippen molar-refractivity contribution in [1.29, 1.82) is 0 Å². The highest BCUT2D eigenvalue weighted by Crippen LogP contribution is 2.29. The van der Waals surface area contributed by atoms with Crippen LogP contribution in [0, 0.1) is 0 Å². The van der Waals surface area contributed by atoms with E-state index in [0.717, 1.165) is 0 Å². The van der Waals surface area contributed by atoms with E-state index in [1.54, 1.807) is 36.4 Å². The van der Waals surface area contributed by atoms with Crippen LogP contribution in [0.3, 0.4) is 0 Å². The Hall–Kier alpha value is -2.64. The monoisotopic (exact) mass is 376 g/mol. The van der Waals surface area contributed by atoms with Gasteiger partial charge in [-0.25, -0.2) is 0 Å². The molecule has 0 saturated carbocycles. The molecule has 0 unspecified atom stereocenters. The highest BCUT2D eigenvalue weighted by Gasteiger charge is 2.40. The minimum atomic E-state index is -0.515.